The second-order valence-electron chi connectivity index (χ2n) is 4.34. The van der Waals surface area contributed by atoms with Gasteiger partial charge >= 0.3 is 0 Å². The average Bonchev–Trinajstić information content (AvgIpc) is 2.33. The van der Waals surface area contributed by atoms with Gasteiger partial charge in [-0.15, -0.1) is 0 Å². The molecule has 1 fully saturated rings. The van der Waals surface area contributed by atoms with E-state index >= 15 is 0 Å². The first-order valence-corrected chi connectivity index (χ1v) is 6.25. The standard InChI is InChI=1S/C13H16ClNO2/c14-11-3-5-12(6-4-11)15-13(16)8-10-2-1-7-17-9-10/h3-6,10H,1-2,7-9H2,(H,15,16). The molecule has 1 amide bonds. The van der Waals surface area contributed by atoms with Gasteiger partial charge in [-0.25, -0.2) is 0 Å². The first kappa shape index (κ1) is 12.4. The van der Waals surface area contributed by atoms with Gasteiger partial charge in [0.15, 0.2) is 0 Å². The van der Waals surface area contributed by atoms with Crippen molar-refractivity contribution in [3.8, 4) is 0 Å². The van der Waals surface area contributed by atoms with Gasteiger partial charge in [0.25, 0.3) is 0 Å². The molecule has 0 aliphatic carbocycles. The molecule has 17 heavy (non-hydrogen) atoms. The monoisotopic (exact) mass is 253 g/mol. The number of carbonyl (C=O) groups is 1. The molecule has 92 valence electrons. The molecule has 0 bridgehead atoms. The SMILES string of the molecule is O=C(CC1CCCOC1)Nc1ccc(Cl)cc1. The lowest BCUT2D eigenvalue weighted by molar-refractivity contribution is -0.118. The van der Waals surface area contributed by atoms with Gasteiger partial charge in [-0.1, -0.05) is 11.6 Å². The highest BCUT2D eigenvalue weighted by molar-refractivity contribution is 6.30. The zero-order valence-electron chi connectivity index (χ0n) is 9.62. The summed E-state index contributed by atoms with van der Waals surface area (Å²) in [5.41, 5.74) is 0.788. The molecule has 1 saturated heterocycles. The van der Waals surface area contributed by atoms with Crippen molar-refractivity contribution in [2.75, 3.05) is 18.5 Å². The molecule has 1 aliphatic heterocycles. The van der Waals surface area contributed by atoms with Crippen LogP contribution in [0.15, 0.2) is 24.3 Å². The summed E-state index contributed by atoms with van der Waals surface area (Å²) in [6, 6.07) is 7.14. The molecular formula is C13H16ClNO2. The van der Waals surface area contributed by atoms with Crippen LogP contribution in [0.25, 0.3) is 0 Å². The molecule has 1 aliphatic rings. The Morgan fingerprint density at radius 1 is 1.41 bits per heavy atom. The Kier molecular flexibility index (Phi) is 4.40. The molecule has 1 aromatic carbocycles. The van der Waals surface area contributed by atoms with E-state index in [2.05, 4.69) is 5.32 Å². The van der Waals surface area contributed by atoms with E-state index in [1.807, 2.05) is 0 Å². The summed E-state index contributed by atoms with van der Waals surface area (Å²) in [5.74, 6) is 0.402. The highest BCUT2D eigenvalue weighted by Crippen LogP contribution is 2.19. The second-order valence-corrected chi connectivity index (χ2v) is 4.78. The minimum absolute atomic E-state index is 0.0443. The van der Waals surface area contributed by atoms with Crippen LogP contribution in [0.2, 0.25) is 5.02 Å². The zero-order valence-corrected chi connectivity index (χ0v) is 10.4. The van der Waals surface area contributed by atoms with Gasteiger partial charge < -0.3 is 10.1 Å². The molecule has 2 rings (SSSR count). The van der Waals surface area contributed by atoms with E-state index in [0.29, 0.717) is 24.0 Å². The van der Waals surface area contributed by atoms with Crippen molar-refractivity contribution in [3.05, 3.63) is 29.3 Å². The number of halogens is 1. The fourth-order valence-corrected chi connectivity index (χ4v) is 2.10. The maximum atomic E-state index is 11.8. The molecule has 1 N–H and O–H groups in total. The molecule has 1 heterocycles. The van der Waals surface area contributed by atoms with Crippen LogP contribution < -0.4 is 5.32 Å². The van der Waals surface area contributed by atoms with Crippen LogP contribution in [0.4, 0.5) is 5.69 Å². The Morgan fingerprint density at radius 2 is 2.18 bits per heavy atom. The number of amides is 1. The molecule has 0 saturated carbocycles. The normalized spacial score (nSPS) is 19.9. The molecule has 0 radical (unpaired) electrons. The third kappa shape index (κ3) is 4.02. The van der Waals surface area contributed by atoms with E-state index in [1.165, 1.54) is 0 Å². The number of carbonyl (C=O) groups excluding carboxylic acids is 1. The van der Waals surface area contributed by atoms with Gasteiger partial charge in [0.1, 0.15) is 0 Å². The predicted molar refractivity (Wildman–Crippen MR) is 68.2 cm³/mol. The number of nitrogens with one attached hydrogen (secondary N) is 1. The average molecular weight is 254 g/mol. The van der Waals surface area contributed by atoms with Gasteiger partial charge in [0.2, 0.25) is 5.91 Å². The van der Waals surface area contributed by atoms with E-state index in [0.717, 1.165) is 25.1 Å². The Balaban J connectivity index is 1.82. The van der Waals surface area contributed by atoms with Crippen molar-refractivity contribution in [1.29, 1.82) is 0 Å². The van der Waals surface area contributed by atoms with Gasteiger partial charge in [0, 0.05) is 30.3 Å². The lowest BCUT2D eigenvalue weighted by Crippen LogP contribution is -2.23. The van der Waals surface area contributed by atoms with Gasteiger partial charge in [-0.2, -0.15) is 0 Å². The second kappa shape index (κ2) is 6.03. The number of ether oxygens (including phenoxy) is 1. The van der Waals surface area contributed by atoms with E-state index in [4.69, 9.17) is 16.3 Å². The maximum Gasteiger partial charge on any atom is 0.224 e. The quantitative estimate of drug-likeness (QED) is 0.899. The summed E-state index contributed by atoms with van der Waals surface area (Å²) in [6.07, 6.45) is 2.66. The lowest BCUT2D eigenvalue weighted by Gasteiger charge is -2.21. The smallest absolute Gasteiger partial charge is 0.224 e. The predicted octanol–water partition coefficient (Wildman–Crippen LogP) is 3.10. The van der Waals surface area contributed by atoms with E-state index in [9.17, 15) is 4.79 Å². The fraction of sp³-hybridized carbons (Fsp3) is 0.462. The van der Waals surface area contributed by atoms with Crippen molar-refractivity contribution in [3.63, 3.8) is 0 Å². The van der Waals surface area contributed by atoms with Crippen LogP contribution in [0, 0.1) is 5.92 Å². The van der Waals surface area contributed by atoms with Crippen LogP contribution in [-0.4, -0.2) is 19.1 Å². The van der Waals surface area contributed by atoms with Gasteiger partial charge in [0.05, 0.1) is 0 Å². The van der Waals surface area contributed by atoms with Crippen LogP contribution in [0.1, 0.15) is 19.3 Å². The van der Waals surface area contributed by atoms with Crippen LogP contribution in [0.5, 0.6) is 0 Å². The number of anilines is 1. The largest absolute Gasteiger partial charge is 0.381 e. The molecule has 0 spiro atoms. The molecule has 1 unspecified atom stereocenters. The zero-order chi connectivity index (χ0) is 12.1. The van der Waals surface area contributed by atoms with Gasteiger partial charge in [-0.3, -0.25) is 4.79 Å². The number of rotatable bonds is 3. The first-order chi connectivity index (χ1) is 8.24. The first-order valence-electron chi connectivity index (χ1n) is 5.87. The summed E-state index contributed by atoms with van der Waals surface area (Å²) >= 11 is 5.77. The van der Waals surface area contributed by atoms with E-state index in [-0.39, 0.29) is 5.91 Å². The fourth-order valence-electron chi connectivity index (χ4n) is 1.98. The molecular weight excluding hydrogens is 238 g/mol. The molecule has 1 atom stereocenters. The molecule has 0 aromatic heterocycles. The Labute approximate surface area is 106 Å². The summed E-state index contributed by atoms with van der Waals surface area (Å²) in [7, 11) is 0. The van der Waals surface area contributed by atoms with E-state index in [1.54, 1.807) is 24.3 Å². The van der Waals surface area contributed by atoms with Crippen molar-refractivity contribution >= 4 is 23.2 Å². The number of hydrogen-bond acceptors (Lipinski definition) is 2. The Hall–Kier alpha value is -1.06. The minimum Gasteiger partial charge on any atom is -0.381 e. The number of hydrogen-bond donors (Lipinski definition) is 1. The lowest BCUT2D eigenvalue weighted by atomic mass is 9.98. The summed E-state index contributed by atoms with van der Waals surface area (Å²) in [6.45, 7) is 1.53. The molecule has 1 aromatic rings. The summed E-state index contributed by atoms with van der Waals surface area (Å²) in [4.78, 5) is 11.8. The Morgan fingerprint density at radius 3 is 2.82 bits per heavy atom. The topological polar surface area (TPSA) is 38.3 Å². The maximum absolute atomic E-state index is 11.8. The van der Waals surface area contributed by atoms with Crippen LogP contribution in [-0.2, 0) is 9.53 Å². The van der Waals surface area contributed by atoms with Crippen LogP contribution in [0.3, 0.4) is 0 Å². The summed E-state index contributed by atoms with van der Waals surface area (Å²) < 4.78 is 5.35. The van der Waals surface area contributed by atoms with Gasteiger partial charge in [-0.05, 0) is 43.0 Å². The van der Waals surface area contributed by atoms with Crippen molar-refractivity contribution in [2.24, 2.45) is 5.92 Å². The van der Waals surface area contributed by atoms with Crippen molar-refractivity contribution < 1.29 is 9.53 Å². The third-order valence-electron chi connectivity index (χ3n) is 2.86. The summed E-state index contributed by atoms with van der Waals surface area (Å²) in [5, 5.41) is 3.53. The van der Waals surface area contributed by atoms with E-state index < -0.39 is 0 Å². The third-order valence-corrected chi connectivity index (χ3v) is 3.11. The molecule has 4 heteroatoms. The van der Waals surface area contributed by atoms with Crippen molar-refractivity contribution in [1.82, 2.24) is 0 Å². The van der Waals surface area contributed by atoms with Crippen molar-refractivity contribution in [2.45, 2.75) is 19.3 Å². The highest BCUT2D eigenvalue weighted by atomic mass is 35.5. The minimum atomic E-state index is 0.0443. The number of benzene rings is 1. The Bertz CT molecular complexity index is 372. The van der Waals surface area contributed by atoms with Crippen LogP contribution >= 0.6 is 11.6 Å². The molecule has 3 nitrogen and oxygen atoms in total. The highest BCUT2D eigenvalue weighted by Gasteiger charge is 2.17.